The van der Waals surface area contributed by atoms with Crippen molar-refractivity contribution in [3.63, 3.8) is 0 Å². The third kappa shape index (κ3) is 2.10. The van der Waals surface area contributed by atoms with Gasteiger partial charge in [-0.1, -0.05) is 40.8 Å². The van der Waals surface area contributed by atoms with E-state index in [1.54, 1.807) is 0 Å². The zero-order chi connectivity index (χ0) is 13.4. The van der Waals surface area contributed by atoms with Crippen molar-refractivity contribution in [2.45, 2.75) is 13.8 Å². The second kappa shape index (κ2) is 4.47. The van der Waals surface area contributed by atoms with Crippen LogP contribution in [0.4, 0.5) is 5.13 Å². The van der Waals surface area contributed by atoms with Crippen molar-refractivity contribution < 1.29 is 4.52 Å². The molecule has 3 rings (SSSR count). The summed E-state index contributed by atoms with van der Waals surface area (Å²) in [5, 5.41) is 4.53. The van der Waals surface area contributed by atoms with Crippen LogP contribution in [0.3, 0.4) is 0 Å². The number of rotatable bonds is 2. The minimum absolute atomic E-state index is 0.463. The Morgan fingerprint density at radius 2 is 1.95 bits per heavy atom. The normalized spacial score (nSPS) is 10.8. The Kier molecular flexibility index (Phi) is 2.79. The summed E-state index contributed by atoms with van der Waals surface area (Å²) < 4.78 is 5.31. The first-order chi connectivity index (χ1) is 9.15. The summed E-state index contributed by atoms with van der Waals surface area (Å²) in [5.41, 5.74) is 8.56. The average Bonchev–Trinajstić information content (AvgIpc) is 2.96. The van der Waals surface area contributed by atoms with Gasteiger partial charge >= 0.3 is 0 Å². The smallest absolute Gasteiger partial charge is 0.270 e. The van der Waals surface area contributed by atoms with Crippen LogP contribution in [0, 0.1) is 13.8 Å². The van der Waals surface area contributed by atoms with E-state index in [1.807, 2.05) is 38.1 Å². The molecule has 2 aromatic heterocycles. The van der Waals surface area contributed by atoms with Crippen LogP contribution < -0.4 is 5.73 Å². The largest absolute Gasteiger partial charge is 0.375 e. The summed E-state index contributed by atoms with van der Waals surface area (Å²) in [5.74, 6) is 1.05. The molecule has 0 saturated heterocycles. The highest BCUT2D eigenvalue weighted by molar-refractivity contribution is 7.18. The van der Waals surface area contributed by atoms with Gasteiger partial charge < -0.3 is 10.3 Å². The van der Waals surface area contributed by atoms with E-state index >= 15 is 0 Å². The molecule has 0 aliphatic heterocycles. The molecule has 5 nitrogen and oxygen atoms in total. The molecule has 0 aliphatic carbocycles. The maximum absolute atomic E-state index is 5.68. The monoisotopic (exact) mass is 272 g/mol. The highest BCUT2D eigenvalue weighted by atomic mass is 32.1. The highest BCUT2D eigenvalue weighted by Gasteiger charge is 2.16. The van der Waals surface area contributed by atoms with E-state index in [4.69, 9.17) is 10.3 Å². The Morgan fingerprint density at radius 1 is 1.16 bits per heavy atom. The fourth-order valence-corrected chi connectivity index (χ4v) is 2.62. The van der Waals surface area contributed by atoms with Crippen LogP contribution in [0.15, 0.2) is 28.8 Å². The molecule has 0 atom stereocenters. The predicted molar refractivity (Wildman–Crippen MR) is 74.7 cm³/mol. The van der Waals surface area contributed by atoms with Crippen LogP contribution in [-0.2, 0) is 0 Å². The highest BCUT2D eigenvalue weighted by Crippen LogP contribution is 2.31. The number of anilines is 1. The van der Waals surface area contributed by atoms with Crippen LogP contribution in [0.1, 0.15) is 11.3 Å². The van der Waals surface area contributed by atoms with Crippen LogP contribution in [0.5, 0.6) is 0 Å². The van der Waals surface area contributed by atoms with Gasteiger partial charge in [-0.2, -0.15) is 4.98 Å². The molecule has 6 heteroatoms. The SMILES string of the molecule is Cc1ccccc1-c1noc(-c2sc(N)nc2C)n1. The van der Waals surface area contributed by atoms with Gasteiger partial charge in [0.05, 0.1) is 5.69 Å². The van der Waals surface area contributed by atoms with Gasteiger partial charge in [0.1, 0.15) is 4.88 Å². The fourth-order valence-electron chi connectivity index (χ4n) is 1.86. The van der Waals surface area contributed by atoms with Crippen molar-refractivity contribution in [1.82, 2.24) is 15.1 Å². The van der Waals surface area contributed by atoms with Crippen molar-refractivity contribution in [3.8, 4) is 22.2 Å². The maximum Gasteiger partial charge on any atom is 0.270 e. The second-order valence-electron chi connectivity index (χ2n) is 4.20. The van der Waals surface area contributed by atoms with Gasteiger partial charge in [-0.15, -0.1) is 0 Å². The summed E-state index contributed by atoms with van der Waals surface area (Å²) in [4.78, 5) is 9.40. The first-order valence-corrected chi connectivity index (χ1v) is 6.60. The third-order valence-corrected chi connectivity index (χ3v) is 3.79. The van der Waals surface area contributed by atoms with Gasteiger partial charge in [-0.3, -0.25) is 0 Å². The summed E-state index contributed by atoms with van der Waals surface area (Å²) in [6.07, 6.45) is 0. The molecule has 1 aromatic carbocycles. The summed E-state index contributed by atoms with van der Waals surface area (Å²) in [6, 6.07) is 7.92. The number of nitrogens with zero attached hydrogens (tertiary/aromatic N) is 3. The van der Waals surface area contributed by atoms with E-state index in [-0.39, 0.29) is 0 Å². The molecule has 0 radical (unpaired) electrons. The summed E-state index contributed by atoms with van der Waals surface area (Å²) >= 11 is 1.35. The van der Waals surface area contributed by atoms with E-state index in [1.165, 1.54) is 11.3 Å². The first-order valence-electron chi connectivity index (χ1n) is 5.78. The second-order valence-corrected chi connectivity index (χ2v) is 5.24. The van der Waals surface area contributed by atoms with Crippen molar-refractivity contribution in [3.05, 3.63) is 35.5 Å². The molecule has 96 valence electrons. The van der Waals surface area contributed by atoms with Gasteiger partial charge in [-0.05, 0) is 19.4 Å². The van der Waals surface area contributed by atoms with E-state index in [0.717, 1.165) is 21.7 Å². The molecule has 19 heavy (non-hydrogen) atoms. The first kappa shape index (κ1) is 11.9. The quantitative estimate of drug-likeness (QED) is 0.775. The Labute approximate surface area is 114 Å². The average molecular weight is 272 g/mol. The van der Waals surface area contributed by atoms with Crippen molar-refractivity contribution in [1.29, 1.82) is 0 Å². The molecule has 0 saturated carbocycles. The minimum Gasteiger partial charge on any atom is -0.375 e. The molecule has 0 spiro atoms. The lowest BCUT2D eigenvalue weighted by molar-refractivity contribution is 0.433. The van der Waals surface area contributed by atoms with Crippen molar-refractivity contribution >= 4 is 16.5 Å². The maximum atomic E-state index is 5.68. The molecular weight excluding hydrogens is 260 g/mol. The fraction of sp³-hybridized carbons (Fsp3) is 0.154. The molecular formula is C13H12N4OS. The number of aromatic nitrogens is 3. The van der Waals surface area contributed by atoms with Gasteiger partial charge in [-0.25, -0.2) is 4.98 Å². The molecule has 2 heterocycles. The van der Waals surface area contributed by atoms with Gasteiger partial charge in [0, 0.05) is 5.56 Å². The summed E-state index contributed by atoms with van der Waals surface area (Å²) in [7, 11) is 0. The van der Waals surface area contributed by atoms with Crippen molar-refractivity contribution in [2.24, 2.45) is 0 Å². The number of benzene rings is 1. The van der Waals surface area contributed by atoms with Crippen LogP contribution in [-0.4, -0.2) is 15.1 Å². The number of nitrogen functional groups attached to an aromatic ring is 1. The standard InChI is InChI=1S/C13H12N4OS/c1-7-5-3-4-6-9(7)11-16-12(18-17-11)10-8(2)15-13(14)19-10/h3-6H,1-2H3,(H2,14,15). The van der Waals surface area contributed by atoms with Crippen LogP contribution in [0.2, 0.25) is 0 Å². The van der Waals surface area contributed by atoms with Crippen molar-refractivity contribution in [2.75, 3.05) is 5.73 Å². The lowest BCUT2D eigenvalue weighted by Gasteiger charge is -1.97. The Bertz CT molecular complexity index is 732. The van der Waals surface area contributed by atoms with Gasteiger partial charge in [0.2, 0.25) is 5.82 Å². The Morgan fingerprint density at radius 3 is 2.63 bits per heavy atom. The van der Waals surface area contributed by atoms with Gasteiger partial charge in [0.25, 0.3) is 5.89 Å². The molecule has 0 aliphatic rings. The van der Waals surface area contributed by atoms with Crippen LogP contribution >= 0.6 is 11.3 Å². The van der Waals surface area contributed by atoms with E-state index in [0.29, 0.717) is 16.8 Å². The third-order valence-electron chi connectivity index (χ3n) is 2.82. The Balaban J connectivity index is 2.05. The zero-order valence-electron chi connectivity index (χ0n) is 10.5. The lowest BCUT2D eigenvalue weighted by atomic mass is 10.1. The molecule has 0 bridgehead atoms. The molecule has 2 N–H and O–H groups in total. The van der Waals surface area contributed by atoms with Gasteiger partial charge in [0.15, 0.2) is 5.13 Å². The Hall–Kier alpha value is -2.21. The minimum atomic E-state index is 0.463. The predicted octanol–water partition coefficient (Wildman–Crippen LogP) is 3.06. The topological polar surface area (TPSA) is 77.8 Å². The molecule has 0 fully saturated rings. The number of nitrogens with two attached hydrogens (primary N) is 1. The van der Waals surface area contributed by atoms with E-state index in [9.17, 15) is 0 Å². The molecule has 3 aromatic rings. The van der Waals surface area contributed by atoms with Crippen LogP contribution in [0.25, 0.3) is 22.2 Å². The number of aryl methyl sites for hydroxylation is 2. The molecule has 0 unspecified atom stereocenters. The van der Waals surface area contributed by atoms with E-state index in [2.05, 4.69) is 15.1 Å². The zero-order valence-corrected chi connectivity index (χ0v) is 11.4. The molecule has 0 amide bonds. The lowest BCUT2D eigenvalue weighted by Crippen LogP contribution is -1.84. The summed E-state index contributed by atoms with van der Waals surface area (Å²) in [6.45, 7) is 3.89. The van der Waals surface area contributed by atoms with E-state index < -0.39 is 0 Å². The number of thiazole rings is 1. The number of hydrogen-bond acceptors (Lipinski definition) is 6. The number of hydrogen-bond donors (Lipinski definition) is 1.